The number of hydrogen-bond acceptors (Lipinski definition) is 6. The summed E-state index contributed by atoms with van der Waals surface area (Å²) in [7, 11) is 1.62. The molecule has 4 aromatic heterocycles. The molecule has 0 N–H and O–H groups in total. The number of pyridine rings is 2. The van der Waals surface area contributed by atoms with Crippen molar-refractivity contribution in [2.24, 2.45) is 0 Å². The van der Waals surface area contributed by atoms with Gasteiger partial charge >= 0.3 is 0 Å². The molecule has 0 saturated heterocycles. The van der Waals surface area contributed by atoms with Gasteiger partial charge in [-0.3, -0.25) is 9.78 Å². The molecule has 0 radical (unpaired) electrons. The van der Waals surface area contributed by atoms with E-state index in [0.29, 0.717) is 29.0 Å². The summed E-state index contributed by atoms with van der Waals surface area (Å²) in [5, 5.41) is 5.05. The highest BCUT2D eigenvalue weighted by Gasteiger charge is 2.13. The average Bonchev–Trinajstić information content (AvgIpc) is 3.21. The fourth-order valence-electron chi connectivity index (χ4n) is 3.23. The minimum Gasteiger partial charge on any atom is -0.497 e. The van der Waals surface area contributed by atoms with Gasteiger partial charge in [0.25, 0.3) is 11.3 Å². The normalized spacial score (nSPS) is 11.2. The van der Waals surface area contributed by atoms with Gasteiger partial charge in [-0.1, -0.05) is 6.07 Å². The highest BCUT2D eigenvalue weighted by molar-refractivity contribution is 5.79. The van der Waals surface area contributed by atoms with Gasteiger partial charge < -0.3 is 9.30 Å². The largest absolute Gasteiger partial charge is 0.497 e. The monoisotopic (exact) mass is 384 g/mol. The molecule has 0 unspecified atom stereocenters. The number of rotatable bonds is 4. The molecule has 0 aliphatic heterocycles. The van der Waals surface area contributed by atoms with Crippen molar-refractivity contribution in [3.8, 4) is 17.1 Å². The fraction of sp³-hybridized carbons (Fsp3) is 0.0952. The first-order valence-electron chi connectivity index (χ1n) is 9.01. The Hall–Kier alpha value is -4.07. The highest BCUT2D eigenvalue weighted by Crippen LogP contribution is 2.21. The first kappa shape index (κ1) is 17.1. The van der Waals surface area contributed by atoms with Crippen molar-refractivity contribution in [2.75, 3.05) is 7.11 Å². The molecule has 1 aromatic carbocycles. The summed E-state index contributed by atoms with van der Waals surface area (Å²) in [6.07, 6.45) is 6.76. The molecular formula is C21H16N6O2. The van der Waals surface area contributed by atoms with Crippen molar-refractivity contribution in [1.29, 1.82) is 0 Å². The van der Waals surface area contributed by atoms with Gasteiger partial charge in [0.1, 0.15) is 5.75 Å². The predicted molar refractivity (Wildman–Crippen MR) is 108 cm³/mol. The number of methoxy groups -OCH3 is 1. The van der Waals surface area contributed by atoms with Crippen LogP contribution in [0, 0.1) is 0 Å². The molecule has 0 fully saturated rings. The Balaban J connectivity index is 1.60. The summed E-state index contributed by atoms with van der Waals surface area (Å²) in [6.45, 7) is 0.440. The Kier molecular flexibility index (Phi) is 4.02. The van der Waals surface area contributed by atoms with Crippen molar-refractivity contribution in [1.82, 2.24) is 29.1 Å². The van der Waals surface area contributed by atoms with E-state index in [-0.39, 0.29) is 5.56 Å². The maximum absolute atomic E-state index is 13.0. The van der Waals surface area contributed by atoms with Gasteiger partial charge in [-0.15, -0.1) is 5.10 Å². The van der Waals surface area contributed by atoms with E-state index in [4.69, 9.17) is 4.74 Å². The molecule has 0 amide bonds. The molecule has 0 atom stereocenters. The lowest BCUT2D eigenvalue weighted by molar-refractivity contribution is 0.415. The van der Waals surface area contributed by atoms with Gasteiger partial charge in [0.2, 0.25) is 0 Å². The number of fused-ring (bicyclic) bond motifs is 3. The van der Waals surface area contributed by atoms with E-state index >= 15 is 0 Å². The quantitative estimate of drug-likeness (QED) is 0.473. The summed E-state index contributed by atoms with van der Waals surface area (Å²) in [5.74, 6) is 1.73. The van der Waals surface area contributed by atoms with Crippen molar-refractivity contribution < 1.29 is 4.74 Å². The number of aromatic nitrogens is 6. The van der Waals surface area contributed by atoms with E-state index in [1.165, 1.54) is 0 Å². The lowest BCUT2D eigenvalue weighted by Crippen LogP contribution is -2.21. The third-order valence-corrected chi connectivity index (χ3v) is 4.73. The number of nitrogens with zero attached hydrogens (tertiary/aromatic N) is 6. The van der Waals surface area contributed by atoms with Crippen LogP contribution < -0.4 is 10.3 Å². The zero-order valence-corrected chi connectivity index (χ0v) is 15.6. The second-order valence-electron chi connectivity index (χ2n) is 6.54. The van der Waals surface area contributed by atoms with Crippen molar-refractivity contribution >= 4 is 16.7 Å². The molecule has 8 heteroatoms. The first-order valence-corrected chi connectivity index (χ1v) is 9.01. The van der Waals surface area contributed by atoms with E-state index in [9.17, 15) is 4.79 Å². The number of benzene rings is 1. The highest BCUT2D eigenvalue weighted by atomic mass is 16.5. The molecule has 4 heterocycles. The third-order valence-electron chi connectivity index (χ3n) is 4.73. The van der Waals surface area contributed by atoms with E-state index < -0.39 is 0 Å². The Morgan fingerprint density at radius 1 is 1.07 bits per heavy atom. The standard InChI is InChI=1S/C21H16N6O2/c1-29-16-6-4-15(5-7-16)19-24-21-23-12-17-18(27(21)25-19)8-10-26(20(17)28)13-14-3-2-9-22-11-14/h2-12H,13H2,1H3. The summed E-state index contributed by atoms with van der Waals surface area (Å²) >= 11 is 0. The molecule has 8 nitrogen and oxygen atoms in total. The van der Waals surface area contributed by atoms with Crippen LogP contribution in [-0.2, 0) is 6.54 Å². The second-order valence-corrected chi connectivity index (χ2v) is 6.54. The van der Waals surface area contributed by atoms with Crippen LogP contribution in [0.2, 0.25) is 0 Å². The van der Waals surface area contributed by atoms with E-state index in [1.54, 1.807) is 41.0 Å². The van der Waals surface area contributed by atoms with Crippen LogP contribution >= 0.6 is 0 Å². The molecule has 0 saturated carbocycles. The zero-order valence-electron chi connectivity index (χ0n) is 15.6. The Morgan fingerprint density at radius 3 is 2.69 bits per heavy atom. The van der Waals surface area contributed by atoms with Crippen LogP contribution in [0.1, 0.15) is 5.56 Å². The zero-order chi connectivity index (χ0) is 19.8. The average molecular weight is 384 g/mol. The smallest absolute Gasteiger partial charge is 0.261 e. The van der Waals surface area contributed by atoms with E-state index in [0.717, 1.165) is 16.9 Å². The number of ether oxygens (including phenoxy) is 1. The molecular weight excluding hydrogens is 368 g/mol. The molecule has 142 valence electrons. The molecule has 0 bridgehead atoms. The summed E-state index contributed by atoms with van der Waals surface area (Å²) in [5.41, 5.74) is 2.32. The Bertz CT molecular complexity index is 1370. The summed E-state index contributed by atoms with van der Waals surface area (Å²) in [6, 6.07) is 13.1. The van der Waals surface area contributed by atoms with Crippen LogP contribution in [0.5, 0.6) is 5.75 Å². The van der Waals surface area contributed by atoms with Gasteiger partial charge in [0, 0.05) is 30.4 Å². The summed E-state index contributed by atoms with van der Waals surface area (Å²) in [4.78, 5) is 25.9. The van der Waals surface area contributed by atoms with Crippen LogP contribution in [0.3, 0.4) is 0 Å². The van der Waals surface area contributed by atoms with Gasteiger partial charge in [0.15, 0.2) is 5.82 Å². The predicted octanol–water partition coefficient (Wildman–Crippen LogP) is 2.56. The fourth-order valence-corrected chi connectivity index (χ4v) is 3.23. The van der Waals surface area contributed by atoms with Crippen LogP contribution in [0.15, 0.2) is 72.0 Å². The molecule has 29 heavy (non-hydrogen) atoms. The lowest BCUT2D eigenvalue weighted by atomic mass is 10.2. The summed E-state index contributed by atoms with van der Waals surface area (Å²) < 4.78 is 8.42. The van der Waals surface area contributed by atoms with Crippen LogP contribution in [-0.4, -0.2) is 36.2 Å². The maximum atomic E-state index is 13.0. The molecule has 0 aliphatic rings. The van der Waals surface area contributed by atoms with Crippen molar-refractivity contribution in [3.05, 3.63) is 83.2 Å². The van der Waals surface area contributed by atoms with Gasteiger partial charge in [0.05, 0.1) is 24.6 Å². The van der Waals surface area contributed by atoms with Gasteiger partial charge in [-0.2, -0.15) is 9.50 Å². The van der Waals surface area contributed by atoms with Crippen molar-refractivity contribution in [3.63, 3.8) is 0 Å². The minimum atomic E-state index is -0.137. The van der Waals surface area contributed by atoms with Gasteiger partial charge in [-0.05, 0) is 42.0 Å². The second kappa shape index (κ2) is 6.83. The minimum absolute atomic E-state index is 0.137. The SMILES string of the molecule is COc1ccc(-c2nc3ncc4c(=O)n(Cc5cccnc5)ccc4n3n2)cc1. The topological polar surface area (TPSA) is 87.2 Å². The lowest BCUT2D eigenvalue weighted by Gasteiger charge is -2.07. The number of hydrogen-bond donors (Lipinski definition) is 0. The van der Waals surface area contributed by atoms with Crippen LogP contribution in [0.25, 0.3) is 28.1 Å². The van der Waals surface area contributed by atoms with Crippen molar-refractivity contribution in [2.45, 2.75) is 6.54 Å². The Labute approximate surface area is 165 Å². The van der Waals surface area contributed by atoms with E-state index in [1.807, 2.05) is 42.5 Å². The molecule has 5 rings (SSSR count). The Morgan fingerprint density at radius 2 is 1.93 bits per heavy atom. The maximum Gasteiger partial charge on any atom is 0.261 e. The third kappa shape index (κ3) is 3.00. The van der Waals surface area contributed by atoms with Gasteiger partial charge in [-0.25, -0.2) is 4.98 Å². The van der Waals surface area contributed by atoms with E-state index in [2.05, 4.69) is 20.1 Å². The first-order chi connectivity index (χ1) is 14.2. The molecule has 0 spiro atoms. The molecule has 0 aliphatic carbocycles. The molecule has 5 aromatic rings. The van der Waals surface area contributed by atoms with Crippen LogP contribution in [0.4, 0.5) is 0 Å².